The zero-order chi connectivity index (χ0) is 21.9. The summed E-state index contributed by atoms with van der Waals surface area (Å²) in [7, 11) is 1.69. The molecule has 0 aliphatic carbocycles. The molecule has 0 saturated heterocycles. The first kappa shape index (κ1) is 22.8. The summed E-state index contributed by atoms with van der Waals surface area (Å²) in [6.07, 6.45) is 7.62. The second-order valence-electron chi connectivity index (χ2n) is 7.55. The Bertz CT molecular complexity index is 959. The van der Waals surface area contributed by atoms with E-state index in [9.17, 15) is 4.39 Å². The maximum atomic E-state index is 14.7. The van der Waals surface area contributed by atoms with Crippen LogP contribution in [0.2, 0.25) is 0 Å². The molecule has 0 aromatic heterocycles. The van der Waals surface area contributed by atoms with Crippen LogP contribution >= 0.6 is 0 Å². The van der Waals surface area contributed by atoms with Gasteiger partial charge in [-0.1, -0.05) is 60.7 Å². The Morgan fingerprint density at radius 3 is 2.13 bits per heavy atom. The van der Waals surface area contributed by atoms with Crippen molar-refractivity contribution in [3.63, 3.8) is 0 Å². The van der Waals surface area contributed by atoms with Gasteiger partial charge in [0.2, 0.25) is 0 Å². The van der Waals surface area contributed by atoms with Gasteiger partial charge in [-0.05, 0) is 78.6 Å². The molecule has 3 heteroatoms. The number of rotatable bonds is 11. The average molecular weight is 419 g/mol. The van der Waals surface area contributed by atoms with E-state index >= 15 is 0 Å². The number of hydrogen-bond donors (Lipinski definition) is 0. The standard InChI is InChI=1S/C28H31FO2/c1-3-31-27-18-11-23(12-19-27)10-15-25-16-17-26(21-28(25)29)24-13-8-22(9-14-24)7-5-4-6-20-30-2/h4,6,8-9,11-14,16-19,21H,3,5,7,10,15,20H2,1-2H3. The molecule has 31 heavy (non-hydrogen) atoms. The van der Waals surface area contributed by atoms with Gasteiger partial charge < -0.3 is 9.47 Å². The third kappa shape index (κ3) is 7.08. The van der Waals surface area contributed by atoms with Crippen molar-refractivity contribution in [2.45, 2.75) is 32.6 Å². The minimum absolute atomic E-state index is 0.143. The second kappa shape index (κ2) is 12.1. The molecule has 0 atom stereocenters. The summed E-state index contributed by atoms with van der Waals surface area (Å²) in [6.45, 7) is 3.28. The predicted octanol–water partition coefficient (Wildman–Crippen LogP) is 6.81. The molecule has 0 aliphatic heterocycles. The van der Waals surface area contributed by atoms with Gasteiger partial charge >= 0.3 is 0 Å². The summed E-state index contributed by atoms with van der Waals surface area (Å²) < 4.78 is 25.2. The van der Waals surface area contributed by atoms with Gasteiger partial charge in [0, 0.05) is 7.11 Å². The van der Waals surface area contributed by atoms with Crippen LogP contribution in [0.5, 0.6) is 5.75 Å². The van der Waals surface area contributed by atoms with Crippen molar-refractivity contribution in [1.82, 2.24) is 0 Å². The molecule has 3 rings (SSSR count). The maximum absolute atomic E-state index is 14.7. The van der Waals surface area contributed by atoms with Gasteiger partial charge in [-0.25, -0.2) is 4.39 Å². The monoisotopic (exact) mass is 418 g/mol. The lowest BCUT2D eigenvalue weighted by atomic mass is 9.98. The SMILES string of the molecule is CCOc1ccc(CCc2ccc(-c3ccc(CCC=CCOC)cc3)cc2F)cc1. The normalized spacial score (nSPS) is 11.2. The van der Waals surface area contributed by atoms with Crippen LogP contribution in [0, 0.1) is 5.82 Å². The van der Waals surface area contributed by atoms with Gasteiger partial charge in [-0.3, -0.25) is 0 Å². The molecule has 0 spiro atoms. The first-order chi connectivity index (χ1) is 15.2. The Morgan fingerprint density at radius 2 is 1.45 bits per heavy atom. The summed E-state index contributed by atoms with van der Waals surface area (Å²) >= 11 is 0. The minimum atomic E-state index is -0.143. The minimum Gasteiger partial charge on any atom is -0.494 e. The van der Waals surface area contributed by atoms with Crippen molar-refractivity contribution in [3.8, 4) is 16.9 Å². The molecule has 3 aromatic rings. The van der Waals surface area contributed by atoms with E-state index in [-0.39, 0.29) is 5.82 Å². The van der Waals surface area contributed by atoms with Crippen molar-refractivity contribution in [1.29, 1.82) is 0 Å². The van der Waals surface area contributed by atoms with E-state index in [1.165, 1.54) is 11.1 Å². The molecule has 0 N–H and O–H groups in total. The second-order valence-corrected chi connectivity index (χ2v) is 7.55. The van der Waals surface area contributed by atoms with E-state index in [0.29, 0.717) is 19.6 Å². The zero-order valence-electron chi connectivity index (χ0n) is 18.4. The van der Waals surface area contributed by atoms with Gasteiger partial charge in [0.1, 0.15) is 11.6 Å². The number of allylic oxidation sites excluding steroid dienone is 1. The Balaban J connectivity index is 1.57. The van der Waals surface area contributed by atoms with Crippen LogP contribution in [0.3, 0.4) is 0 Å². The molecule has 3 aromatic carbocycles. The van der Waals surface area contributed by atoms with Crippen molar-refractivity contribution in [2.24, 2.45) is 0 Å². The number of halogens is 1. The Kier molecular flexibility index (Phi) is 8.86. The Hall–Kier alpha value is -2.91. The van der Waals surface area contributed by atoms with Crippen molar-refractivity contribution in [2.75, 3.05) is 20.3 Å². The van der Waals surface area contributed by atoms with E-state index in [2.05, 4.69) is 30.3 Å². The molecule has 162 valence electrons. The van der Waals surface area contributed by atoms with E-state index in [0.717, 1.165) is 41.7 Å². The highest BCUT2D eigenvalue weighted by atomic mass is 19.1. The summed E-state index contributed by atoms with van der Waals surface area (Å²) in [6, 6.07) is 22.0. The third-order valence-corrected chi connectivity index (χ3v) is 5.29. The summed E-state index contributed by atoms with van der Waals surface area (Å²) in [5, 5.41) is 0. The number of aryl methyl sites for hydroxylation is 3. The molecule has 2 nitrogen and oxygen atoms in total. The molecule has 0 aliphatic rings. The van der Waals surface area contributed by atoms with Crippen LogP contribution in [0.15, 0.2) is 78.9 Å². The molecule has 0 fully saturated rings. The van der Waals surface area contributed by atoms with E-state index in [1.54, 1.807) is 13.2 Å². The number of hydrogen-bond acceptors (Lipinski definition) is 2. The number of ether oxygens (including phenoxy) is 2. The van der Waals surface area contributed by atoms with Crippen molar-refractivity contribution in [3.05, 3.63) is 101 Å². The highest BCUT2D eigenvalue weighted by Crippen LogP contribution is 2.24. The number of methoxy groups -OCH3 is 1. The highest BCUT2D eigenvalue weighted by molar-refractivity contribution is 5.64. The first-order valence-corrected chi connectivity index (χ1v) is 10.9. The lowest BCUT2D eigenvalue weighted by Crippen LogP contribution is -1.96. The van der Waals surface area contributed by atoms with E-state index in [1.807, 2.05) is 49.4 Å². The van der Waals surface area contributed by atoms with Gasteiger partial charge in [0.25, 0.3) is 0 Å². The molecule has 0 radical (unpaired) electrons. The summed E-state index contributed by atoms with van der Waals surface area (Å²) in [5.41, 5.74) is 5.15. The molecule has 0 unspecified atom stereocenters. The lowest BCUT2D eigenvalue weighted by molar-refractivity contribution is 0.233. The maximum Gasteiger partial charge on any atom is 0.127 e. The van der Waals surface area contributed by atoms with Crippen molar-refractivity contribution >= 4 is 0 Å². The van der Waals surface area contributed by atoms with Crippen LogP contribution in [0.4, 0.5) is 4.39 Å². The first-order valence-electron chi connectivity index (χ1n) is 10.9. The molecular weight excluding hydrogens is 387 g/mol. The number of benzene rings is 3. The van der Waals surface area contributed by atoms with Crippen LogP contribution in [0.25, 0.3) is 11.1 Å². The Morgan fingerprint density at radius 1 is 0.774 bits per heavy atom. The smallest absolute Gasteiger partial charge is 0.127 e. The third-order valence-electron chi connectivity index (χ3n) is 5.29. The molecular formula is C28H31FO2. The zero-order valence-corrected chi connectivity index (χ0v) is 18.4. The van der Waals surface area contributed by atoms with E-state index in [4.69, 9.17) is 9.47 Å². The van der Waals surface area contributed by atoms with Gasteiger partial charge in [-0.15, -0.1) is 0 Å². The van der Waals surface area contributed by atoms with Crippen molar-refractivity contribution < 1.29 is 13.9 Å². The fourth-order valence-electron chi connectivity index (χ4n) is 3.52. The predicted molar refractivity (Wildman–Crippen MR) is 126 cm³/mol. The fraction of sp³-hybridized carbons (Fsp3) is 0.286. The highest BCUT2D eigenvalue weighted by Gasteiger charge is 2.06. The lowest BCUT2D eigenvalue weighted by Gasteiger charge is -2.09. The fourth-order valence-corrected chi connectivity index (χ4v) is 3.52. The van der Waals surface area contributed by atoms with Crippen LogP contribution in [-0.4, -0.2) is 20.3 Å². The van der Waals surface area contributed by atoms with Gasteiger partial charge in [-0.2, -0.15) is 0 Å². The van der Waals surface area contributed by atoms with Crippen LogP contribution < -0.4 is 4.74 Å². The summed E-state index contributed by atoms with van der Waals surface area (Å²) in [4.78, 5) is 0. The van der Waals surface area contributed by atoms with Crippen LogP contribution in [0.1, 0.15) is 30.0 Å². The largest absolute Gasteiger partial charge is 0.494 e. The quantitative estimate of drug-likeness (QED) is 0.318. The van der Waals surface area contributed by atoms with E-state index < -0.39 is 0 Å². The van der Waals surface area contributed by atoms with Gasteiger partial charge in [0.15, 0.2) is 0 Å². The molecule has 0 amide bonds. The topological polar surface area (TPSA) is 18.5 Å². The molecule has 0 saturated carbocycles. The molecule has 0 bridgehead atoms. The average Bonchev–Trinajstić information content (AvgIpc) is 2.80. The Labute approximate surface area is 185 Å². The van der Waals surface area contributed by atoms with Crippen LogP contribution in [-0.2, 0) is 24.0 Å². The summed E-state index contributed by atoms with van der Waals surface area (Å²) in [5.74, 6) is 0.728. The molecule has 0 heterocycles. The van der Waals surface area contributed by atoms with Gasteiger partial charge in [0.05, 0.1) is 13.2 Å².